The molecule has 0 spiro atoms. The molecule has 1 N–H and O–H groups in total. The van der Waals surface area contributed by atoms with Crippen molar-refractivity contribution in [3.05, 3.63) is 52.8 Å². The second kappa shape index (κ2) is 6.70. The molecule has 1 atom stereocenters. The van der Waals surface area contributed by atoms with Gasteiger partial charge >= 0.3 is 0 Å². The molecule has 0 aliphatic heterocycles. The number of hydrogen-bond donors (Lipinski definition) is 1. The summed E-state index contributed by atoms with van der Waals surface area (Å²) in [5.74, 6) is 0. The quantitative estimate of drug-likeness (QED) is 0.884. The minimum absolute atomic E-state index is 0.270. The van der Waals surface area contributed by atoms with Gasteiger partial charge in [0.15, 0.2) is 0 Å². The lowest BCUT2D eigenvalue weighted by molar-refractivity contribution is 0.0184. The van der Waals surface area contributed by atoms with Gasteiger partial charge in [-0.2, -0.15) is 5.10 Å². The average molecular weight is 281 g/mol. The summed E-state index contributed by atoms with van der Waals surface area (Å²) in [6, 6.07) is 9.87. The Kier molecular flexibility index (Phi) is 4.96. The number of aliphatic hydroxyl groups excluding tert-OH is 1. The van der Waals surface area contributed by atoms with E-state index in [-0.39, 0.29) is 6.61 Å². The predicted molar refractivity (Wildman–Crippen MR) is 74.1 cm³/mol. The van der Waals surface area contributed by atoms with E-state index in [0.29, 0.717) is 18.2 Å². The number of nitrogens with zero attached hydrogens (tertiary/aromatic N) is 2. The Morgan fingerprint density at radius 1 is 1.37 bits per heavy atom. The second-order valence-corrected chi connectivity index (χ2v) is 4.82. The first-order chi connectivity index (χ1) is 9.16. The fraction of sp³-hybridized carbons (Fsp3) is 0.357. The molecule has 0 radical (unpaired) electrons. The number of aliphatic hydroxyl groups is 1. The first-order valence-corrected chi connectivity index (χ1v) is 6.52. The molecule has 1 aromatic heterocycles. The van der Waals surface area contributed by atoms with Gasteiger partial charge in [-0.25, -0.2) is 0 Å². The molecule has 5 heteroatoms. The second-order valence-electron chi connectivity index (χ2n) is 4.41. The Morgan fingerprint density at radius 2 is 2.11 bits per heavy atom. The molecule has 1 heterocycles. The molecule has 0 aliphatic rings. The molecule has 0 saturated carbocycles. The van der Waals surface area contributed by atoms with Gasteiger partial charge in [0, 0.05) is 0 Å². The number of hydrogen-bond acceptors (Lipinski definition) is 3. The molecule has 102 valence electrons. The number of rotatable bonds is 6. The number of halogens is 1. The Bertz CT molecular complexity index is 513. The van der Waals surface area contributed by atoms with Crippen LogP contribution >= 0.6 is 11.6 Å². The topological polar surface area (TPSA) is 47.3 Å². The third kappa shape index (κ3) is 4.06. The zero-order chi connectivity index (χ0) is 13.7. The molecule has 0 fully saturated rings. The Morgan fingerprint density at radius 3 is 2.74 bits per heavy atom. The van der Waals surface area contributed by atoms with Crippen molar-refractivity contribution in [2.45, 2.75) is 26.2 Å². The third-order valence-electron chi connectivity index (χ3n) is 2.85. The number of aromatic nitrogens is 2. The third-order valence-corrected chi connectivity index (χ3v) is 3.22. The first kappa shape index (κ1) is 14.1. The van der Waals surface area contributed by atoms with Gasteiger partial charge < -0.3 is 9.84 Å². The van der Waals surface area contributed by atoms with E-state index in [1.54, 1.807) is 10.9 Å². The molecule has 0 aliphatic carbocycles. The van der Waals surface area contributed by atoms with Gasteiger partial charge in [0.1, 0.15) is 0 Å². The highest BCUT2D eigenvalue weighted by Gasteiger charge is 2.10. The van der Waals surface area contributed by atoms with E-state index in [2.05, 4.69) is 5.10 Å². The van der Waals surface area contributed by atoms with Crippen molar-refractivity contribution in [3.8, 4) is 0 Å². The highest BCUT2D eigenvalue weighted by atomic mass is 35.5. The molecule has 0 saturated heterocycles. The normalized spacial score (nSPS) is 12.6. The van der Waals surface area contributed by atoms with Crippen LogP contribution in [0.25, 0.3) is 0 Å². The molecule has 2 rings (SSSR count). The van der Waals surface area contributed by atoms with Gasteiger partial charge in [0.2, 0.25) is 0 Å². The van der Waals surface area contributed by atoms with Gasteiger partial charge in [-0.15, -0.1) is 0 Å². The molecule has 0 unspecified atom stereocenters. The molecule has 2 aromatic rings. The van der Waals surface area contributed by atoms with E-state index in [4.69, 9.17) is 16.3 Å². The molecule has 19 heavy (non-hydrogen) atoms. The zero-order valence-electron chi connectivity index (χ0n) is 10.8. The summed E-state index contributed by atoms with van der Waals surface area (Å²) in [6.45, 7) is 3.02. The molecule has 0 amide bonds. The van der Waals surface area contributed by atoms with E-state index >= 15 is 0 Å². The lowest BCUT2D eigenvalue weighted by Gasteiger charge is -2.12. The zero-order valence-corrected chi connectivity index (χ0v) is 11.5. The summed E-state index contributed by atoms with van der Waals surface area (Å²) in [7, 11) is 0. The predicted octanol–water partition coefficient (Wildman–Crippen LogP) is 2.42. The van der Waals surface area contributed by atoms with Crippen molar-refractivity contribution < 1.29 is 9.84 Å². The summed E-state index contributed by atoms with van der Waals surface area (Å²) in [5.41, 5.74) is 1.94. The monoisotopic (exact) mass is 280 g/mol. The maximum Gasteiger partial charge on any atom is 0.0969 e. The van der Waals surface area contributed by atoms with Crippen LogP contribution in [0.15, 0.2) is 36.5 Å². The van der Waals surface area contributed by atoms with Crippen LogP contribution in [-0.2, 0) is 17.9 Å². The van der Waals surface area contributed by atoms with E-state index < -0.39 is 6.10 Å². The van der Waals surface area contributed by atoms with Crippen molar-refractivity contribution in [1.82, 2.24) is 9.78 Å². The van der Waals surface area contributed by atoms with Crippen LogP contribution in [0.1, 0.15) is 11.3 Å². The fourth-order valence-corrected chi connectivity index (χ4v) is 1.89. The average Bonchev–Trinajstić information content (AvgIpc) is 2.72. The lowest BCUT2D eigenvalue weighted by atomic mass is 10.2. The van der Waals surface area contributed by atoms with Crippen LogP contribution in [0.2, 0.25) is 5.02 Å². The van der Waals surface area contributed by atoms with Crippen LogP contribution in [-0.4, -0.2) is 27.6 Å². The van der Waals surface area contributed by atoms with Crippen LogP contribution < -0.4 is 0 Å². The summed E-state index contributed by atoms with van der Waals surface area (Å²) < 4.78 is 7.16. The molecule has 4 nitrogen and oxygen atoms in total. The van der Waals surface area contributed by atoms with Gasteiger partial charge in [-0.1, -0.05) is 41.9 Å². The Balaban J connectivity index is 1.76. The smallest absolute Gasteiger partial charge is 0.0969 e. The summed E-state index contributed by atoms with van der Waals surface area (Å²) in [6.07, 6.45) is 0.979. The van der Waals surface area contributed by atoms with Crippen LogP contribution in [0.4, 0.5) is 0 Å². The van der Waals surface area contributed by atoms with Gasteiger partial charge in [0.05, 0.1) is 42.8 Å². The number of ether oxygens (including phenoxy) is 1. The van der Waals surface area contributed by atoms with Crippen molar-refractivity contribution in [3.63, 3.8) is 0 Å². The first-order valence-electron chi connectivity index (χ1n) is 6.14. The minimum atomic E-state index is -0.599. The molecule has 0 bridgehead atoms. The summed E-state index contributed by atoms with van der Waals surface area (Å²) >= 11 is 5.90. The number of benzene rings is 1. The van der Waals surface area contributed by atoms with Crippen LogP contribution in [0.5, 0.6) is 0 Å². The fourth-order valence-electron chi connectivity index (χ4n) is 1.75. The lowest BCUT2D eigenvalue weighted by Crippen LogP contribution is -2.23. The Hall–Kier alpha value is -1.36. The van der Waals surface area contributed by atoms with Gasteiger partial charge in [-0.05, 0) is 12.5 Å². The van der Waals surface area contributed by atoms with Crippen LogP contribution in [0, 0.1) is 6.92 Å². The standard InChI is InChI=1S/C14H17ClN2O2/c1-11-14(15)7-16-17(11)8-13(18)10-19-9-12-5-3-2-4-6-12/h2-7,13,18H,8-10H2,1H3/t13-/m1/s1. The van der Waals surface area contributed by atoms with E-state index in [1.807, 2.05) is 37.3 Å². The van der Waals surface area contributed by atoms with Crippen molar-refractivity contribution >= 4 is 11.6 Å². The minimum Gasteiger partial charge on any atom is -0.389 e. The molecule has 1 aromatic carbocycles. The van der Waals surface area contributed by atoms with Gasteiger partial charge in [0.25, 0.3) is 0 Å². The molecular formula is C14H17ClN2O2. The Labute approximate surface area is 117 Å². The van der Waals surface area contributed by atoms with Crippen molar-refractivity contribution in [2.75, 3.05) is 6.61 Å². The highest BCUT2D eigenvalue weighted by molar-refractivity contribution is 6.31. The highest BCUT2D eigenvalue weighted by Crippen LogP contribution is 2.13. The van der Waals surface area contributed by atoms with E-state index in [9.17, 15) is 5.11 Å². The van der Waals surface area contributed by atoms with Crippen molar-refractivity contribution in [2.24, 2.45) is 0 Å². The van der Waals surface area contributed by atoms with Crippen molar-refractivity contribution in [1.29, 1.82) is 0 Å². The maximum absolute atomic E-state index is 9.89. The maximum atomic E-state index is 9.89. The molecular weight excluding hydrogens is 264 g/mol. The van der Waals surface area contributed by atoms with E-state index in [0.717, 1.165) is 11.3 Å². The van der Waals surface area contributed by atoms with Gasteiger partial charge in [-0.3, -0.25) is 4.68 Å². The largest absolute Gasteiger partial charge is 0.389 e. The van der Waals surface area contributed by atoms with Crippen LogP contribution in [0.3, 0.4) is 0 Å². The summed E-state index contributed by atoms with van der Waals surface area (Å²) in [5, 5.41) is 14.6. The summed E-state index contributed by atoms with van der Waals surface area (Å²) in [4.78, 5) is 0. The van der Waals surface area contributed by atoms with E-state index in [1.165, 1.54) is 0 Å². The SMILES string of the molecule is Cc1c(Cl)cnn1C[C@@H](O)COCc1ccccc1.